The van der Waals surface area contributed by atoms with Crippen LogP contribution in [-0.4, -0.2) is 36.1 Å². The molecular formula is C12H17NO5. The van der Waals surface area contributed by atoms with E-state index < -0.39 is 29.8 Å². The fourth-order valence-electron chi connectivity index (χ4n) is 1.77. The number of allylic oxidation sites excluding steroid dienone is 2. The minimum absolute atomic E-state index is 0.227. The number of aliphatic carboxylic acids is 1. The molecule has 0 aromatic rings. The first-order valence-corrected chi connectivity index (χ1v) is 5.82. The maximum Gasteiger partial charge on any atom is 0.326 e. The highest BCUT2D eigenvalue weighted by Crippen LogP contribution is 2.12. The number of hydrogen-bond donors (Lipinski definition) is 2. The number of carbonyl (C=O) groups is 3. The fraction of sp³-hybridized carbons (Fsp3) is 0.583. The third-order valence-corrected chi connectivity index (χ3v) is 2.82. The zero-order valence-corrected chi connectivity index (χ0v) is 10.2. The van der Waals surface area contributed by atoms with Crippen LogP contribution in [0.15, 0.2) is 12.2 Å². The van der Waals surface area contributed by atoms with Gasteiger partial charge in [-0.05, 0) is 25.7 Å². The van der Waals surface area contributed by atoms with E-state index in [0.29, 0.717) is 12.8 Å². The van der Waals surface area contributed by atoms with Crippen molar-refractivity contribution in [2.24, 2.45) is 5.92 Å². The van der Waals surface area contributed by atoms with Gasteiger partial charge < -0.3 is 15.2 Å². The molecule has 0 aromatic heterocycles. The number of methoxy groups -OCH3 is 1. The summed E-state index contributed by atoms with van der Waals surface area (Å²) in [5.74, 6) is -3.31. The van der Waals surface area contributed by atoms with Crippen LogP contribution in [0, 0.1) is 5.92 Å². The van der Waals surface area contributed by atoms with Gasteiger partial charge >= 0.3 is 11.9 Å². The standard InChI is InChI=1S/C12H17NO5/c1-18-12(17)8-6-4-2-3-5-7-9(11(15)16)13-10(8)14/h2,4,8-9H,3,5-7H2,1H3,(H,13,14)(H,15,16)/b4-2+/t8?,9-/m0/s1. The van der Waals surface area contributed by atoms with Crippen LogP contribution in [0.1, 0.15) is 25.7 Å². The summed E-state index contributed by atoms with van der Waals surface area (Å²) >= 11 is 0. The van der Waals surface area contributed by atoms with E-state index in [0.717, 1.165) is 6.42 Å². The molecule has 1 heterocycles. The molecule has 1 unspecified atom stereocenters. The molecule has 0 aromatic carbocycles. The predicted molar refractivity (Wildman–Crippen MR) is 62.7 cm³/mol. The van der Waals surface area contributed by atoms with Gasteiger partial charge in [0.1, 0.15) is 12.0 Å². The molecular weight excluding hydrogens is 238 g/mol. The average Bonchev–Trinajstić information content (AvgIpc) is 2.35. The van der Waals surface area contributed by atoms with Crippen LogP contribution in [0.4, 0.5) is 0 Å². The lowest BCUT2D eigenvalue weighted by atomic mass is 10.0. The van der Waals surface area contributed by atoms with Gasteiger partial charge in [-0.25, -0.2) is 4.79 Å². The summed E-state index contributed by atoms with van der Waals surface area (Å²) < 4.78 is 4.54. The van der Waals surface area contributed by atoms with Gasteiger partial charge in [0, 0.05) is 0 Å². The number of carboxylic acids is 1. The summed E-state index contributed by atoms with van der Waals surface area (Å²) in [6.45, 7) is 0. The van der Waals surface area contributed by atoms with Gasteiger partial charge in [-0.1, -0.05) is 12.2 Å². The van der Waals surface area contributed by atoms with Gasteiger partial charge in [-0.2, -0.15) is 0 Å². The van der Waals surface area contributed by atoms with E-state index in [4.69, 9.17) is 5.11 Å². The zero-order chi connectivity index (χ0) is 13.5. The lowest BCUT2D eigenvalue weighted by Gasteiger charge is -2.19. The third kappa shape index (κ3) is 3.87. The quantitative estimate of drug-likeness (QED) is 0.425. The van der Waals surface area contributed by atoms with Crippen molar-refractivity contribution in [2.75, 3.05) is 7.11 Å². The SMILES string of the molecule is COC(=O)C1C/C=C/CCC[C@@H](C(=O)O)NC1=O. The molecule has 6 heteroatoms. The number of carboxylic acid groups (broad SMARTS) is 1. The molecule has 6 nitrogen and oxygen atoms in total. The van der Waals surface area contributed by atoms with Crippen molar-refractivity contribution in [1.82, 2.24) is 5.32 Å². The summed E-state index contributed by atoms with van der Waals surface area (Å²) in [6, 6.07) is -0.948. The number of amides is 1. The fourth-order valence-corrected chi connectivity index (χ4v) is 1.77. The summed E-state index contributed by atoms with van der Waals surface area (Å²) in [5.41, 5.74) is 0. The van der Waals surface area contributed by atoms with Crippen LogP contribution >= 0.6 is 0 Å². The molecule has 0 saturated heterocycles. The molecule has 1 aliphatic heterocycles. The minimum atomic E-state index is -1.09. The number of ether oxygens (including phenoxy) is 1. The van der Waals surface area contributed by atoms with E-state index in [1.807, 2.05) is 6.08 Å². The van der Waals surface area contributed by atoms with Crippen LogP contribution in [-0.2, 0) is 19.1 Å². The molecule has 0 bridgehead atoms. The van der Waals surface area contributed by atoms with Crippen LogP contribution in [0.2, 0.25) is 0 Å². The van der Waals surface area contributed by atoms with Gasteiger partial charge in [0.2, 0.25) is 5.91 Å². The molecule has 1 rings (SSSR count). The van der Waals surface area contributed by atoms with Gasteiger partial charge in [-0.3, -0.25) is 9.59 Å². The smallest absolute Gasteiger partial charge is 0.326 e. The molecule has 0 fully saturated rings. The van der Waals surface area contributed by atoms with E-state index in [1.54, 1.807) is 6.08 Å². The van der Waals surface area contributed by atoms with Gasteiger partial charge in [-0.15, -0.1) is 0 Å². The minimum Gasteiger partial charge on any atom is -0.480 e. The Kier molecular flexibility index (Phi) is 5.35. The second-order valence-corrected chi connectivity index (χ2v) is 4.11. The third-order valence-electron chi connectivity index (χ3n) is 2.82. The molecule has 1 amide bonds. The van der Waals surface area contributed by atoms with Crippen molar-refractivity contribution in [1.29, 1.82) is 0 Å². The predicted octanol–water partition coefficient (Wildman–Crippen LogP) is 0.475. The number of hydrogen-bond acceptors (Lipinski definition) is 4. The van der Waals surface area contributed by atoms with Crippen molar-refractivity contribution >= 4 is 17.8 Å². The Morgan fingerprint density at radius 1 is 1.44 bits per heavy atom. The average molecular weight is 255 g/mol. The molecule has 0 spiro atoms. The van der Waals surface area contributed by atoms with E-state index in [2.05, 4.69) is 10.1 Å². The van der Waals surface area contributed by atoms with Crippen LogP contribution in [0.5, 0.6) is 0 Å². The molecule has 2 N–H and O–H groups in total. The van der Waals surface area contributed by atoms with Crippen molar-refractivity contribution in [3.05, 3.63) is 12.2 Å². The van der Waals surface area contributed by atoms with Crippen molar-refractivity contribution in [2.45, 2.75) is 31.7 Å². The number of carbonyl (C=O) groups excluding carboxylic acids is 2. The Labute approximate surface area is 105 Å². The number of esters is 1. The summed E-state index contributed by atoms with van der Waals surface area (Å²) in [6.07, 6.45) is 5.59. The first-order valence-electron chi connectivity index (χ1n) is 5.82. The first-order chi connectivity index (χ1) is 8.56. The summed E-state index contributed by atoms with van der Waals surface area (Å²) in [5, 5.41) is 11.3. The van der Waals surface area contributed by atoms with E-state index in [9.17, 15) is 14.4 Å². The van der Waals surface area contributed by atoms with Gasteiger partial charge in [0.15, 0.2) is 0 Å². The second-order valence-electron chi connectivity index (χ2n) is 4.11. The highest BCUT2D eigenvalue weighted by molar-refractivity contribution is 5.99. The van der Waals surface area contributed by atoms with Crippen molar-refractivity contribution in [3.8, 4) is 0 Å². The Balaban J connectivity index is 2.84. The number of nitrogens with one attached hydrogen (secondary N) is 1. The normalized spacial score (nSPS) is 26.8. The lowest BCUT2D eigenvalue weighted by Crippen LogP contribution is -2.45. The Bertz CT molecular complexity index is 363. The zero-order valence-electron chi connectivity index (χ0n) is 10.2. The molecule has 0 saturated carbocycles. The van der Waals surface area contributed by atoms with E-state index in [1.165, 1.54) is 7.11 Å². The summed E-state index contributed by atoms with van der Waals surface area (Å²) in [7, 11) is 1.20. The second kappa shape index (κ2) is 6.78. The Morgan fingerprint density at radius 2 is 2.17 bits per heavy atom. The van der Waals surface area contributed by atoms with Crippen LogP contribution < -0.4 is 5.32 Å². The molecule has 1 aliphatic rings. The number of rotatable bonds is 2. The van der Waals surface area contributed by atoms with Gasteiger partial charge in [0.05, 0.1) is 7.11 Å². The van der Waals surface area contributed by atoms with Crippen molar-refractivity contribution < 1.29 is 24.2 Å². The lowest BCUT2D eigenvalue weighted by molar-refractivity contribution is -0.152. The van der Waals surface area contributed by atoms with E-state index >= 15 is 0 Å². The van der Waals surface area contributed by atoms with Crippen LogP contribution in [0.3, 0.4) is 0 Å². The molecule has 18 heavy (non-hydrogen) atoms. The molecule has 100 valence electrons. The maximum atomic E-state index is 11.8. The Morgan fingerprint density at radius 3 is 2.78 bits per heavy atom. The van der Waals surface area contributed by atoms with Crippen LogP contribution in [0.25, 0.3) is 0 Å². The van der Waals surface area contributed by atoms with Gasteiger partial charge in [0.25, 0.3) is 0 Å². The molecule has 2 atom stereocenters. The molecule has 0 aliphatic carbocycles. The largest absolute Gasteiger partial charge is 0.480 e. The molecule has 0 radical (unpaired) electrons. The monoisotopic (exact) mass is 255 g/mol. The highest BCUT2D eigenvalue weighted by atomic mass is 16.5. The Hall–Kier alpha value is -1.85. The maximum absolute atomic E-state index is 11.8. The topological polar surface area (TPSA) is 92.7 Å². The first kappa shape index (κ1) is 14.2. The summed E-state index contributed by atoms with van der Waals surface area (Å²) in [4.78, 5) is 34.3. The van der Waals surface area contributed by atoms with E-state index in [-0.39, 0.29) is 6.42 Å². The van der Waals surface area contributed by atoms with Crippen molar-refractivity contribution in [3.63, 3.8) is 0 Å². The highest BCUT2D eigenvalue weighted by Gasteiger charge is 2.30.